The van der Waals surface area contributed by atoms with Crippen LogP contribution in [0.15, 0.2) is 18.2 Å². The van der Waals surface area contributed by atoms with Gasteiger partial charge in [0.15, 0.2) is 0 Å². The van der Waals surface area contributed by atoms with Crippen molar-refractivity contribution in [3.63, 3.8) is 0 Å². The lowest BCUT2D eigenvalue weighted by molar-refractivity contribution is 0.407. The molecular weight excluding hydrogens is 246 g/mol. The second-order valence-corrected chi connectivity index (χ2v) is 5.44. The maximum Gasteiger partial charge on any atom is 0.137 e. The standard InChI is InChI=1S/C15H24ClNO/c1-5-8-17-14(9-11(2)3)12-6-7-13(16)15(10-12)18-4/h6-7,10-11,14,17H,5,8-9H2,1-4H3. The number of halogens is 1. The summed E-state index contributed by atoms with van der Waals surface area (Å²) < 4.78 is 5.29. The molecule has 0 aromatic heterocycles. The third-order valence-electron chi connectivity index (χ3n) is 2.93. The summed E-state index contributed by atoms with van der Waals surface area (Å²) in [7, 11) is 1.65. The van der Waals surface area contributed by atoms with Crippen molar-refractivity contribution in [1.29, 1.82) is 0 Å². The lowest BCUT2D eigenvalue weighted by Crippen LogP contribution is -2.23. The van der Waals surface area contributed by atoms with E-state index < -0.39 is 0 Å². The minimum Gasteiger partial charge on any atom is -0.495 e. The molecule has 0 aliphatic carbocycles. The average Bonchev–Trinajstić information content (AvgIpc) is 2.34. The summed E-state index contributed by atoms with van der Waals surface area (Å²) in [4.78, 5) is 0. The van der Waals surface area contributed by atoms with Crippen LogP contribution < -0.4 is 10.1 Å². The van der Waals surface area contributed by atoms with Crippen LogP contribution in [0, 0.1) is 5.92 Å². The highest BCUT2D eigenvalue weighted by molar-refractivity contribution is 6.32. The van der Waals surface area contributed by atoms with E-state index in [-0.39, 0.29) is 0 Å². The molecule has 1 rings (SSSR count). The molecule has 1 unspecified atom stereocenters. The quantitative estimate of drug-likeness (QED) is 0.790. The zero-order valence-corrected chi connectivity index (χ0v) is 12.6. The van der Waals surface area contributed by atoms with Crippen molar-refractivity contribution in [3.8, 4) is 5.75 Å². The topological polar surface area (TPSA) is 21.3 Å². The van der Waals surface area contributed by atoms with Gasteiger partial charge in [0.05, 0.1) is 12.1 Å². The predicted octanol–water partition coefficient (Wildman–Crippen LogP) is 4.44. The van der Waals surface area contributed by atoms with Crippen LogP contribution in [0.1, 0.15) is 45.2 Å². The fraction of sp³-hybridized carbons (Fsp3) is 0.600. The van der Waals surface area contributed by atoms with E-state index in [1.165, 1.54) is 5.56 Å². The second-order valence-electron chi connectivity index (χ2n) is 5.03. The summed E-state index contributed by atoms with van der Waals surface area (Å²) in [6.45, 7) is 7.70. The Labute approximate surface area is 116 Å². The van der Waals surface area contributed by atoms with Gasteiger partial charge in [-0.3, -0.25) is 0 Å². The van der Waals surface area contributed by atoms with Crippen LogP contribution in [0.4, 0.5) is 0 Å². The summed E-state index contributed by atoms with van der Waals surface area (Å²) in [5, 5.41) is 4.26. The van der Waals surface area contributed by atoms with Crippen molar-refractivity contribution in [2.45, 2.75) is 39.7 Å². The first-order chi connectivity index (χ1) is 8.58. The monoisotopic (exact) mass is 269 g/mol. The molecule has 0 heterocycles. The Hall–Kier alpha value is -0.730. The number of nitrogens with one attached hydrogen (secondary N) is 1. The van der Waals surface area contributed by atoms with Gasteiger partial charge in [-0.25, -0.2) is 0 Å². The number of methoxy groups -OCH3 is 1. The van der Waals surface area contributed by atoms with Gasteiger partial charge in [-0.05, 0) is 43.0 Å². The van der Waals surface area contributed by atoms with E-state index in [9.17, 15) is 0 Å². The van der Waals surface area contributed by atoms with Gasteiger partial charge in [0, 0.05) is 6.04 Å². The van der Waals surface area contributed by atoms with Gasteiger partial charge in [-0.15, -0.1) is 0 Å². The molecule has 18 heavy (non-hydrogen) atoms. The molecule has 102 valence electrons. The molecule has 0 radical (unpaired) electrons. The minimum atomic E-state index is 0.371. The van der Waals surface area contributed by atoms with Crippen molar-refractivity contribution < 1.29 is 4.74 Å². The lowest BCUT2D eigenvalue weighted by atomic mass is 9.96. The molecule has 3 heteroatoms. The Kier molecular flexibility index (Phi) is 6.51. The van der Waals surface area contributed by atoms with E-state index in [1.807, 2.05) is 12.1 Å². The fourth-order valence-corrected chi connectivity index (χ4v) is 2.22. The average molecular weight is 270 g/mol. The molecule has 1 N–H and O–H groups in total. The van der Waals surface area contributed by atoms with Gasteiger partial charge in [0.25, 0.3) is 0 Å². The third-order valence-corrected chi connectivity index (χ3v) is 3.24. The van der Waals surface area contributed by atoms with Crippen LogP contribution >= 0.6 is 11.6 Å². The Bertz CT molecular complexity index is 366. The van der Waals surface area contributed by atoms with Crippen molar-refractivity contribution in [2.24, 2.45) is 5.92 Å². The zero-order chi connectivity index (χ0) is 13.5. The van der Waals surface area contributed by atoms with E-state index >= 15 is 0 Å². The number of hydrogen-bond acceptors (Lipinski definition) is 2. The number of benzene rings is 1. The van der Waals surface area contributed by atoms with Crippen molar-refractivity contribution >= 4 is 11.6 Å². The molecule has 0 aliphatic heterocycles. The first kappa shape index (κ1) is 15.3. The van der Waals surface area contributed by atoms with E-state index in [0.29, 0.717) is 17.0 Å². The summed E-state index contributed by atoms with van der Waals surface area (Å²) in [6.07, 6.45) is 2.25. The molecule has 1 aromatic carbocycles. The molecule has 1 atom stereocenters. The van der Waals surface area contributed by atoms with Crippen LogP contribution in [0.5, 0.6) is 5.75 Å². The lowest BCUT2D eigenvalue weighted by Gasteiger charge is -2.21. The molecule has 0 spiro atoms. The van der Waals surface area contributed by atoms with Gasteiger partial charge < -0.3 is 10.1 Å². The first-order valence-electron chi connectivity index (χ1n) is 6.65. The molecule has 0 aliphatic rings. The van der Waals surface area contributed by atoms with Crippen LogP contribution in [0.3, 0.4) is 0 Å². The fourth-order valence-electron chi connectivity index (χ4n) is 2.02. The van der Waals surface area contributed by atoms with Gasteiger partial charge >= 0.3 is 0 Å². The summed E-state index contributed by atoms with van der Waals surface area (Å²) in [6, 6.07) is 6.41. The molecule has 0 saturated carbocycles. The summed E-state index contributed by atoms with van der Waals surface area (Å²) in [5.41, 5.74) is 1.25. The summed E-state index contributed by atoms with van der Waals surface area (Å²) in [5.74, 6) is 1.40. The van der Waals surface area contributed by atoms with Gasteiger partial charge in [0.1, 0.15) is 5.75 Å². The van der Waals surface area contributed by atoms with E-state index in [1.54, 1.807) is 7.11 Å². The van der Waals surface area contributed by atoms with Crippen LogP contribution in [-0.4, -0.2) is 13.7 Å². The zero-order valence-electron chi connectivity index (χ0n) is 11.8. The normalized spacial score (nSPS) is 12.8. The van der Waals surface area contributed by atoms with Crippen molar-refractivity contribution in [3.05, 3.63) is 28.8 Å². The number of rotatable bonds is 7. The molecule has 0 fully saturated rings. The number of hydrogen-bond donors (Lipinski definition) is 1. The Morgan fingerprint density at radius 2 is 2.06 bits per heavy atom. The van der Waals surface area contributed by atoms with Gasteiger partial charge in [-0.1, -0.05) is 38.4 Å². The molecule has 2 nitrogen and oxygen atoms in total. The van der Waals surface area contributed by atoms with Crippen LogP contribution in [-0.2, 0) is 0 Å². The van der Waals surface area contributed by atoms with Crippen molar-refractivity contribution in [1.82, 2.24) is 5.32 Å². The second kappa shape index (κ2) is 7.65. The van der Waals surface area contributed by atoms with Crippen molar-refractivity contribution in [2.75, 3.05) is 13.7 Å². The summed E-state index contributed by atoms with van der Waals surface area (Å²) >= 11 is 6.07. The number of ether oxygens (including phenoxy) is 1. The van der Waals surface area contributed by atoms with E-state index in [0.717, 1.165) is 25.1 Å². The third kappa shape index (κ3) is 4.51. The minimum absolute atomic E-state index is 0.371. The smallest absolute Gasteiger partial charge is 0.137 e. The Balaban J connectivity index is 2.89. The highest BCUT2D eigenvalue weighted by Crippen LogP contribution is 2.30. The highest BCUT2D eigenvalue weighted by atomic mass is 35.5. The predicted molar refractivity (Wildman–Crippen MR) is 78.5 cm³/mol. The van der Waals surface area contributed by atoms with E-state index in [2.05, 4.69) is 32.2 Å². The maximum absolute atomic E-state index is 6.07. The molecule has 0 saturated heterocycles. The maximum atomic E-state index is 6.07. The van der Waals surface area contributed by atoms with Gasteiger partial charge in [0.2, 0.25) is 0 Å². The van der Waals surface area contributed by atoms with Crippen LogP contribution in [0.2, 0.25) is 5.02 Å². The Morgan fingerprint density at radius 1 is 1.33 bits per heavy atom. The van der Waals surface area contributed by atoms with E-state index in [4.69, 9.17) is 16.3 Å². The highest BCUT2D eigenvalue weighted by Gasteiger charge is 2.14. The molecule has 0 bridgehead atoms. The van der Waals surface area contributed by atoms with Gasteiger partial charge in [-0.2, -0.15) is 0 Å². The molecular formula is C15H24ClNO. The van der Waals surface area contributed by atoms with Crippen LogP contribution in [0.25, 0.3) is 0 Å². The molecule has 0 amide bonds. The molecule has 1 aromatic rings. The SMILES string of the molecule is CCCNC(CC(C)C)c1ccc(Cl)c(OC)c1. The Morgan fingerprint density at radius 3 is 2.61 bits per heavy atom. The largest absolute Gasteiger partial charge is 0.495 e. The first-order valence-corrected chi connectivity index (χ1v) is 7.03.